The number of piperazine rings is 1. The van der Waals surface area contributed by atoms with Gasteiger partial charge in [-0.05, 0) is 25.7 Å². The van der Waals surface area contributed by atoms with Crippen molar-refractivity contribution in [3.05, 3.63) is 0 Å². The molecule has 3 heteroatoms. The first-order chi connectivity index (χ1) is 7.38. The van der Waals surface area contributed by atoms with Gasteiger partial charge in [0.1, 0.15) is 0 Å². The molecule has 0 aliphatic carbocycles. The van der Waals surface area contributed by atoms with E-state index in [0.29, 0.717) is 12.1 Å². The fourth-order valence-corrected chi connectivity index (χ4v) is 2.57. The highest BCUT2D eigenvalue weighted by Crippen LogP contribution is 2.14. The summed E-state index contributed by atoms with van der Waals surface area (Å²) in [6, 6.07) is 0.697. The summed E-state index contributed by atoms with van der Waals surface area (Å²) in [4.78, 5) is 2.57. The normalized spacial score (nSPS) is 34.2. The van der Waals surface area contributed by atoms with E-state index in [-0.39, 0.29) is 0 Å². The lowest BCUT2D eigenvalue weighted by Gasteiger charge is -2.36. The number of hydrogen-bond acceptors (Lipinski definition) is 3. The van der Waals surface area contributed by atoms with Crippen molar-refractivity contribution in [3.63, 3.8) is 0 Å². The van der Waals surface area contributed by atoms with Crippen molar-refractivity contribution in [2.24, 2.45) is 0 Å². The first-order valence-corrected chi connectivity index (χ1v) is 6.46. The van der Waals surface area contributed by atoms with Crippen LogP contribution in [0.3, 0.4) is 0 Å². The van der Waals surface area contributed by atoms with Crippen molar-refractivity contribution < 1.29 is 4.74 Å². The SMILES string of the molecule is CCC1CN(CC2CCCCO2)CCN1. The summed E-state index contributed by atoms with van der Waals surface area (Å²) < 4.78 is 5.79. The second-order valence-electron chi connectivity index (χ2n) is 4.81. The van der Waals surface area contributed by atoms with Crippen LogP contribution in [-0.2, 0) is 4.74 Å². The molecule has 0 saturated carbocycles. The van der Waals surface area contributed by atoms with E-state index in [2.05, 4.69) is 17.1 Å². The van der Waals surface area contributed by atoms with E-state index in [1.807, 2.05) is 0 Å². The van der Waals surface area contributed by atoms with E-state index >= 15 is 0 Å². The quantitative estimate of drug-likeness (QED) is 0.762. The molecule has 0 aromatic carbocycles. The Morgan fingerprint density at radius 2 is 2.33 bits per heavy atom. The van der Waals surface area contributed by atoms with Gasteiger partial charge in [-0.2, -0.15) is 0 Å². The number of nitrogens with one attached hydrogen (secondary N) is 1. The minimum absolute atomic E-state index is 0.509. The minimum atomic E-state index is 0.509. The zero-order chi connectivity index (χ0) is 10.5. The van der Waals surface area contributed by atoms with Crippen LogP contribution in [-0.4, -0.2) is 49.8 Å². The molecule has 0 aromatic heterocycles. The van der Waals surface area contributed by atoms with Gasteiger partial charge in [-0.1, -0.05) is 6.92 Å². The molecule has 2 rings (SSSR count). The Labute approximate surface area is 93.2 Å². The van der Waals surface area contributed by atoms with Gasteiger partial charge in [-0.25, -0.2) is 0 Å². The molecule has 1 N–H and O–H groups in total. The average molecular weight is 212 g/mol. The maximum atomic E-state index is 5.79. The Balaban J connectivity index is 1.72. The Bertz CT molecular complexity index is 180. The van der Waals surface area contributed by atoms with Gasteiger partial charge in [0.05, 0.1) is 6.10 Å². The minimum Gasteiger partial charge on any atom is -0.377 e. The molecular formula is C12H24N2O. The molecule has 0 radical (unpaired) electrons. The molecule has 2 fully saturated rings. The smallest absolute Gasteiger partial charge is 0.0702 e. The summed E-state index contributed by atoms with van der Waals surface area (Å²) >= 11 is 0. The van der Waals surface area contributed by atoms with Crippen LogP contribution in [0.15, 0.2) is 0 Å². The maximum Gasteiger partial charge on any atom is 0.0702 e. The maximum absolute atomic E-state index is 5.79. The van der Waals surface area contributed by atoms with Gasteiger partial charge in [-0.15, -0.1) is 0 Å². The second kappa shape index (κ2) is 5.83. The van der Waals surface area contributed by atoms with Crippen LogP contribution in [0.2, 0.25) is 0 Å². The molecule has 15 heavy (non-hydrogen) atoms. The molecule has 2 saturated heterocycles. The molecule has 0 bridgehead atoms. The Hall–Kier alpha value is -0.120. The lowest BCUT2D eigenvalue weighted by Crippen LogP contribution is -2.52. The Morgan fingerprint density at radius 1 is 1.40 bits per heavy atom. The zero-order valence-corrected chi connectivity index (χ0v) is 9.87. The molecule has 2 atom stereocenters. The van der Waals surface area contributed by atoms with Crippen LogP contribution < -0.4 is 5.32 Å². The molecule has 2 heterocycles. The molecular weight excluding hydrogens is 188 g/mol. The average Bonchev–Trinajstić information content (AvgIpc) is 2.31. The molecule has 88 valence electrons. The van der Waals surface area contributed by atoms with Gasteiger partial charge in [0.2, 0.25) is 0 Å². The summed E-state index contributed by atoms with van der Waals surface area (Å²) in [5.74, 6) is 0. The van der Waals surface area contributed by atoms with E-state index in [0.717, 1.165) is 19.7 Å². The van der Waals surface area contributed by atoms with Crippen molar-refractivity contribution >= 4 is 0 Å². The third-order valence-corrected chi connectivity index (χ3v) is 3.57. The Kier molecular flexibility index (Phi) is 4.42. The summed E-state index contributed by atoms with van der Waals surface area (Å²) in [7, 11) is 0. The topological polar surface area (TPSA) is 24.5 Å². The molecule has 0 aromatic rings. The van der Waals surface area contributed by atoms with Crippen molar-refractivity contribution in [2.75, 3.05) is 32.8 Å². The fourth-order valence-electron chi connectivity index (χ4n) is 2.57. The van der Waals surface area contributed by atoms with Crippen LogP contribution >= 0.6 is 0 Å². The van der Waals surface area contributed by atoms with Crippen molar-refractivity contribution in [1.29, 1.82) is 0 Å². The number of ether oxygens (including phenoxy) is 1. The first-order valence-electron chi connectivity index (χ1n) is 6.46. The largest absolute Gasteiger partial charge is 0.377 e. The van der Waals surface area contributed by atoms with Gasteiger partial charge in [-0.3, -0.25) is 4.90 Å². The third kappa shape index (κ3) is 3.44. The van der Waals surface area contributed by atoms with Crippen molar-refractivity contribution in [1.82, 2.24) is 10.2 Å². The highest BCUT2D eigenvalue weighted by molar-refractivity contribution is 4.79. The number of rotatable bonds is 3. The summed E-state index contributed by atoms with van der Waals surface area (Å²) in [6.45, 7) is 7.93. The van der Waals surface area contributed by atoms with Crippen LogP contribution in [0.25, 0.3) is 0 Å². The lowest BCUT2D eigenvalue weighted by atomic mass is 10.1. The summed E-state index contributed by atoms with van der Waals surface area (Å²) in [5.41, 5.74) is 0. The monoisotopic (exact) mass is 212 g/mol. The summed E-state index contributed by atoms with van der Waals surface area (Å²) in [5, 5.41) is 3.55. The molecule has 2 aliphatic heterocycles. The second-order valence-corrected chi connectivity index (χ2v) is 4.81. The standard InChI is InChI=1S/C12H24N2O/c1-2-11-9-14(7-6-13-11)10-12-5-3-4-8-15-12/h11-13H,2-10H2,1H3. The van der Waals surface area contributed by atoms with Crippen LogP contribution in [0, 0.1) is 0 Å². The molecule has 0 spiro atoms. The van der Waals surface area contributed by atoms with Gasteiger partial charge in [0, 0.05) is 38.8 Å². The first kappa shape index (κ1) is 11.4. The van der Waals surface area contributed by atoms with Crippen LogP contribution in [0.5, 0.6) is 0 Å². The lowest BCUT2D eigenvalue weighted by molar-refractivity contribution is -0.0102. The summed E-state index contributed by atoms with van der Waals surface area (Å²) in [6.07, 6.45) is 5.63. The molecule has 0 amide bonds. The number of hydrogen-bond donors (Lipinski definition) is 1. The third-order valence-electron chi connectivity index (χ3n) is 3.57. The van der Waals surface area contributed by atoms with E-state index in [4.69, 9.17) is 4.74 Å². The highest BCUT2D eigenvalue weighted by atomic mass is 16.5. The van der Waals surface area contributed by atoms with Crippen LogP contribution in [0.1, 0.15) is 32.6 Å². The molecule has 2 aliphatic rings. The fraction of sp³-hybridized carbons (Fsp3) is 1.00. The van der Waals surface area contributed by atoms with E-state index in [1.54, 1.807) is 0 Å². The predicted molar refractivity (Wildman–Crippen MR) is 62.1 cm³/mol. The van der Waals surface area contributed by atoms with Crippen LogP contribution in [0.4, 0.5) is 0 Å². The number of nitrogens with zero attached hydrogens (tertiary/aromatic N) is 1. The van der Waals surface area contributed by atoms with Gasteiger partial charge < -0.3 is 10.1 Å². The van der Waals surface area contributed by atoms with Crippen molar-refractivity contribution in [2.45, 2.75) is 44.8 Å². The van der Waals surface area contributed by atoms with Gasteiger partial charge in [0.15, 0.2) is 0 Å². The van der Waals surface area contributed by atoms with Gasteiger partial charge in [0.25, 0.3) is 0 Å². The highest BCUT2D eigenvalue weighted by Gasteiger charge is 2.22. The predicted octanol–water partition coefficient (Wildman–Crippen LogP) is 1.24. The van der Waals surface area contributed by atoms with E-state index < -0.39 is 0 Å². The van der Waals surface area contributed by atoms with Gasteiger partial charge >= 0.3 is 0 Å². The molecule has 3 nitrogen and oxygen atoms in total. The van der Waals surface area contributed by atoms with Crippen molar-refractivity contribution in [3.8, 4) is 0 Å². The van der Waals surface area contributed by atoms with E-state index in [1.165, 1.54) is 38.8 Å². The zero-order valence-electron chi connectivity index (χ0n) is 9.87. The van der Waals surface area contributed by atoms with E-state index in [9.17, 15) is 0 Å². The molecule has 2 unspecified atom stereocenters. The Morgan fingerprint density at radius 3 is 3.07 bits per heavy atom.